The molecule has 4 heteroatoms. The van der Waals surface area contributed by atoms with E-state index in [1.807, 2.05) is 0 Å². The maximum atomic E-state index is 5.72. The van der Waals surface area contributed by atoms with E-state index in [-0.39, 0.29) is 18.5 Å². The van der Waals surface area contributed by atoms with Gasteiger partial charge < -0.3 is 10.1 Å². The third-order valence-electron chi connectivity index (χ3n) is 2.43. The first kappa shape index (κ1) is 12.8. The molecule has 0 saturated carbocycles. The van der Waals surface area contributed by atoms with Crippen LogP contribution in [0.25, 0.3) is 0 Å². The molecule has 2 rings (SSSR count). The molecule has 1 atom stereocenters. The quantitative estimate of drug-likeness (QED) is 0.812. The Morgan fingerprint density at radius 2 is 2.07 bits per heavy atom. The fourth-order valence-corrected chi connectivity index (χ4v) is 1.78. The van der Waals surface area contributed by atoms with Crippen molar-refractivity contribution in [2.45, 2.75) is 12.0 Å². The molecule has 1 aliphatic rings. The second-order valence-electron chi connectivity index (χ2n) is 3.44. The summed E-state index contributed by atoms with van der Waals surface area (Å²) >= 11 is 5.72. The summed E-state index contributed by atoms with van der Waals surface area (Å²) in [6.07, 6.45) is 0.202. The second kappa shape index (κ2) is 6.33. The van der Waals surface area contributed by atoms with E-state index in [0.29, 0.717) is 5.88 Å². The molecule has 2 nitrogen and oxygen atoms in total. The summed E-state index contributed by atoms with van der Waals surface area (Å²) in [7, 11) is 0. The molecule has 1 aliphatic heterocycles. The average Bonchev–Trinajstić information content (AvgIpc) is 2.30. The van der Waals surface area contributed by atoms with Crippen LogP contribution in [0.1, 0.15) is 17.2 Å². The Bertz CT molecular complexity index is 283. The molecule has 0 amide bonds. The van der Waals surface area contributed by atoms with Gasteiger partial charge in [-0.1, -0.05) is 24.3 Å². The minimum Gasteiger partial charge on any atom is -0.371 e. The van der Waals surface area contributed by atoms with Gasteiger partial charge in [-0.3, -0.25) is 0 Å². The molecule has 1 aromatic carbocycles. The van der Waals surface area contributed by atoms with Crippen LogP contribution in [-0.2, 0) is 10.6 Å². The van der Waals surface area contributed by atoms with Crippen LogP contribution in [0.2, 0.25) is 0 Å². The summed E-state index contributed by atoms with van der Waals surface area (Å²) in [5.74, 6) is 0.573. The van der Waals surface area contributed by atoms with Crippen molar-refractivity contribution in [1.29, 1.82) is 0 Å². The summed E-state index contributed by atoms with van der Waals surface area (Å²) < 4.78 is 5.64. The first-order valence-electron chi connectivity index (χ1n) is 4.87. The lowest BCUT2D eigenvalue weighted by atomic mass is 10.1. The Hall–Kier alpha value is -0.280. The van der Waals surface area contributed by atoms with Gasteiger partial charge in [0.1, 0.15) is 0 Å². The standard InChI is InChI=1S/C11H14ClNO.ClH/c12-7-9-1-3-10(4-2-9)11-8-13-5-6-14-11;/h1-4,11,13H,5-8H2;1H. The number of nitrogens with one attached hydrogen (secondary N) is 1. The molecule has 0 aliphatic carbocycles. The molecule has 1 N–H and O–H groups in total. The van der Waals surface area contributed by atoms with Crippen molar-refractivity contribution >= 4 is 24.0 Å². The lowest BCUT2D eigenvalue weighted by molar-refractivity contribution is 0.0277. The molecule has 0 spiro atoms. The third-order valence-corrected chi connectivity index (χ3v) is 2.74. The van der Waals surface area contributed by atoms with Crippen LogP contribution >= 0.6 is 24.0 Å². The van der Waals surface area contributed by atoms with Gasteiger partial charge in [0.05, 0.1) is 12.7 Å². The summed E-state index contributed by atoms with van der Waals surface area (Å²) in [6.45, 7) is 2.65. The van der Waals surface area contributed by atoms with E-state index < -0.39 is 0 Å². The smallest absolute Gasteiger partial charge is 0.0949 e. The first-order chi connectivity index (χ1) is 6.90. The summed E-state index contributed by atoms with van der Waals surface area (Å²) in [4.78, 5) is 0. The zero-order valence-electron chi connectivity index (χ0n) is 8.41. The predicted molar refractivity (Wildman–Crippen MR) is 64.8 cm³/mol. The lowest BCUT2D eigenvalue weighted by Crippen LogP contribution is -2.33. The summed E-state index contributed by atoms with van der Waals surface area (Å²) in [5, 5.41) is 3.31. The minimum absolute atomic E-state index is 0. The van der Waals surface area contributed by atoms with Gasteiger partial charge in [-0.05, 0) is 11.1 Å². The molecular weight excluding hydrogens is 233 g/mol. The molecule has 1 unspecified atom stereocenters. The summed E-state index contributed by atoms with van der Waals surface area (Å²) in [6, 6.07) is 8.30. The fourth-order valence-electron chi connectivity index (χ4n) is 1.60. The SMILES string of the molecule is Cl.ClCc1ccc(C2CNCCO2)cc1. The van der Waals surface area contributed by atoms with Crippen LogP contribution in [0.15, 0.2) is 24.3 Å². The van der Waals surface area contributed by atoms with Gasteiger partial charge in [-0.2, -0.15) is 0 Å². The van der Waals surface area contributed by atoms with Crippen LogP contribution in [0, 0.1) is 0 Å². The van der Waals surface area contributed by atoms with E-state index in [9.17, 15) is 0 Å². The maximum absolute atomic E-state index is 5.72. The van der Waals surface area contributed by atoms with Gasteiger partial charge in [0.15, 0.2) is 0 Å². The molecular formula is C11H15Cl2NO. The van der Waals surface area contributed by atoms with E-state index >= 15 is 0 Å². The van der Waals surface area contributed by atoms with Crippen LogP contribution in [0.5, 0.6) is 0 Å². The molecule has 0 aromatic heterocycles. The van der Waals surface area contributed by atoms with Crippen molar-refractivity contribution < 1.29 is 4.74 Å². The highest BCUT2D eigenvalue weighted by Gasteiger charge is 2.14. The highest BCUT2D eigenvalue weighted by molar-refractivity contribution is 6.17. The monoisotopic (exact) mass is 247 g/mol. The first-order valence-corrected chi connectivity index (χ1v) is 5.41. The van der Waals surface area contributed by atoms with Crippen molar-refractivity contribution in [2.75, 3.05) is 19.7 Å². The Labute approximate surface area is 101 Å². The predicted octanol–water partition coefficient (Wildman–Crippen LogP) is 2.51. The Morgan fingerprint density at radius 3 is 2.60 bits per heavy atom. The van der Waals surface area contributed by atoms with E-state index in [1.54, 1.807) is 0 Å². The van der Waals surface area contributed by atoms with E-state index in [1.165, 1.54) is 5.56 Å². The van der Waals surface area contributed by atoms with Crippen LogP contribution < -0.4 is 5.32 Å². The van der Waals surface area contributed by atoms with Crippen LogP contribution in [0.3, 0.4) is 0 Å². The van der Waals surface area contributed by atoms with Crippen molar-refractivity contribution in [3.05, 3.63) is 35.4 Å². The van der Waals surface area contributed by atoms with Gasteiger partial charge in [0.2, 0.25) is 0 Å². The van der Waals surface area contributed by atoms with Crippen molar-refractivity contribution in [2.24, 2.45) is 0 Å². The molecule has 1 aromatic rings. The number of alkyl halides is 1. The van der Waals surface area contributed by atoms with Crippen molar-refractivity contribution in [3.8, 4) is 0 Å². The zero-order valence-corrected chi connectivity index (χ0v) is 9.98. The maximum Gasteiger partial charge on any atom is 0.0949 e. The Kier molecular flexibility index (Phi) is 5.40. The van der Waals surface area contributed by atoms with Gasteiger partial charge in [-0.15, -0.1) is 24.0 Å². The molecule has 1 fully saturated rings. The highest BCUT2D eigenvalue weighted by Crippen LogP contribution is 2.19. The highest BCUT2D eigenvalue weighted by atomic mass is 35.5. The molecule has 84 valence electrons. The van der Waals surface area contributed by atoms with Crippen molar-refractivity contribution in [3.63, 3.8) is 0 Å². The fraction of sp³-hybridized carbons (Fsp3) is 0.455. The third kappa shape index (κ3) is 3.35. The minimum atomic E-state index is 0. The number of hydrogen-bond donors (Lipinski definition) is 1. The molecule has 0 bridgehead atoms. The Morgan fingerprint density at radius 1 is 1.33 bits per heavy atom. The van der Waals surface area contributed by atoms with Crippen molar-refractivity contribution in [1.82, 2.24) is 5.32 Å². The largest absolute Gasteiger partial charge is 0.371 e. The zero-order chi connectivity index (χ0) is 9.80. The van der Waals surface area contributed by atoms with Gasteiger partial charge in [0.25, 0.3) is 0 Å². The van der Waals surface area contributed by atoms with E-state index in [2.05, 4.69) is 29.6 Å². The molecule has 15 heavy (non-hydrogen) atoms. The van der Waals surface area contributed by atoms with E-state index in [0.717, 1.165) is 25.3 Å². The number of halogens is 2. The average molecular weight is 248 g/mol. The topological polar surface area (TPSA) is 21.3 Å². The number of benzene rings is 1. The number of hydrogen-bond acceptors (Lipinski definition) is 2. The van der Waals surface area contributed by atoms with E-state index in [4.69, 9.17) is 16.3 Å². The van der Waals surface area contributed by atoms with Gasteiger partial charge in [0, 0.05) is 19.0 Å². The molecule has 1 heterocycles. The number of morpholine rings is 1. The van der Waals surface area contributed by atoms with Crippen LogP contribution in [0.4, 0.5) is 0 Å². The lowest BCUT2D eigenvalue weighted by Gasteiger charge is -2.23. The molecule has 1 saturated heterocycles. The normalized spacial score (nSPS) is 20.7. The summed E-state index contributed by atoms with van der Waals surface area (Å²) in [5.41, 5.74) is 2.38. The Balaban J connectivity index is 0.00000112. The van der Waals surface area contributed by atoms with Crippen LogP contribution in [-0.4, -0.2) is 19.7 Å². The molecule has 0 radical (unpaired) electrons. The second-order valence-corrected chi connectivity index (χ2v) is 3.71. The number of ether oxygens (including phenoxy) is 1. The van der Waals surface area contributed by atoms with Gasteiger partial charge in [-0.25, -0.2) is 0 Å². The number of rotatable bonds is 2. The van der Waals surface area contributed by atoms with Gasteiger partial charge >= 0.3 is 0 Å².